The number of hydrogen-bond donors (Lipinski definition) is 1. The van der Waals surface area contributed by atoms with Crippen molar-refractivity contribution in [1.29, 1.82) is 0 Å². The van der Waals surface area contributed by atoms with Crippen LogP contribution in [0.5, 0.6) is 0 Å². The van der Waals surface area contributed by atoms with E-state index in [4.69, 9.17) is 23.2 Å². The number of carbonyl (C=O) groups is 1. The first kappa shape index (κ1) is 23.3. The summed E-state index contributed by atoms with van der Waals surface area (Å²) in [6, 6.07) is 21.0. The van der Waals surface area contributed by atoms with Crippen molar-refractivity contribution in [2.45, 2.75) is 24.9 Å². The van der Waals surface area contributed by atoms with Crippen molar-refractivity contribution in [1.82, 2.24) is 9.62 Å². The average Bonchev–Trinajstić information content (AvgIpc) is 2.74. The van der Waals surface area contributed by atoms with Gasteiger partial charge in [-0.15, -0.1) is 0 Å². The molecule has 0 radical (unpaired) electrons. The van der Waals surface area contributed by atoms with Crippen LogP contribution in [-0.4, -0.2) is 25.2 Å². The van der Waals surface area contributed by atoms with Gasteiger partial charge in [-0.3, -0.25) is 4.79 Å². The van der Waals surface area contributed by atoms with Crippen molar-refractivity contribution in [3.05, 3.63) is 99.5 Å². The number of aryl methyl sites for hydroxylation is 1. The Bertz CT molecular complexity index is 1170. The van der Waals surface area contributed by atoms with E-state index in [-0.39, 0.29) is 28.0 Å². The molecule has 162 valence electrons. The van der Waals surface area contributed by atoms with E-state index < -0.39 is 15.9 Å². The molecule has 3 rings (SSSR count). The van der Waals surface area contributed by atoms with Crippen molar-refractivity contribution in [2.24, 2.45) is 0 Å². The molecule has 0 unspecified atom stereocenters. The highest BCUT2D eigenvalue weighted by Gasteiger charge is 2.29. The molecule has 0 aliphatic carbocycles. The predicted molar refractivity (Wildman–Crippen MR) is 124 cm³/mol. The number of hydrogen-bond acceptors (Lipinski definition) is 3. The van der Waals surface area contributed by atoms with Gasteiger partial charge in [0.2, 0.25) is 15.9 Å². The van der Waals surface area contributed by atoms with Gasteiger partial charge in [0.15, 0.2) is 0 Å². The lowest BCUT2D eigenvalue weighted by Crippen LogP contribution is -2.40. The first-order chi connectivity index (χ1) is 14.8. The third-order valence-electron chi connectivity index (χ3n) is 4.60. The molecule has 5 nitrogen and oxygen atoms in total. The average molecular weight is 477 g/mol. The van der Waals surface area contributed by atoms with Gasteiger partial charge in [-0.05, 0) is 36.2 Å². The summed E-state index contributed by atoms with van der Waals surface area (Å²) in [5, 5.41) is 3.07. The van der Waals surface area contributed by atoms with Gasteiger partial charge >= 0.3 is 0 Å². The lowest BCUT2D eigenvalue weighted by molar-refractivity contribution is -0.121. The van der Waals surface area contributed by atoms with E-state index in [1.807, 2.05) is 49.4 Å². The smallest absolute Gasteiger partial charge is 0.245 e. The summed E-state index contributed by atoms with van der Waals surface area (Å²) in [6.07, 6.45) is 0. The normalized spacial score (nSPS) is 11.5. The quantitative estimate of drug-likeness (QED) is 0.507. The lowest BCUT2D eigenvalue weighted by atomic mass is 10.1. The van der Waals surface area contributed by atoms with Crippen LogP contribution in [-0.2, 0) is 27.9 Å². The minimum atomic E-state index is -4.08. The van der Waals surface area contributed by atoms with Crippen molar-refractivity contribution in [3.8, 4) is 0 Å². The number of amides is 1. The summed E-state index contributed by atoms with van der Waals surface area (Å²) in [6.45, 7) is 1.93. The van der Waals surface area contributed by atoms with E-state index in [0.717, 1.165) is 21.0 Å². The molecule has 1 N–H and O–H groups in total. The molecule has 0 saturated heterocycles. The zero-order chi connectivity index (χ0) is 22.4. The molecule has 0 aromatic heterocycles. The fraction of sp³-hybridized carbons (Fsp3) is 0.174. The van der Waals surface area contributed by atoms with E-state index in [0.29, 0.717) is 6.54 Å². The van der Waals surface area contributed by atoms with Crippen LogP contribution in [0.4, 0.5) is 0 Å². The molecule has 1 amide bonds. The van der Waals surface area contributed by atoms with Gasteiger partial charge in [0.1, 0.15) is 4.90 Å². The largest absolute Gasteiger partial charge is 0.351 e. The number of rotatable bonds is 8. The molecule has 3 aromatic rings. The maximum absolute atomic E-state index is 13.4. The molecule has 31 heavy (non-hydrogen) atoms. The Balaban J connectivity index is 1.83. The van der Waals surface area contributed by atoms with Gasteiger partial charge in [-0.2, -0.15) is 4.31 Å². The van der Waals surface area contributed by atoms with Crippen LogP contribution < -0.4 is 5.32 Å². The number of nitrogens with one attached hydrogen (secondary N) is 1. The third kappa shape index (κ3) is 6.31. The molecule has 0 aliphatic rings. The first-order valence-corrected chi connectivity index (χ1v) is 11.8. The first-order valence-electron chi connectivity index (χ1n) is 9.57. The number of carbonyl (C=O) groups excluding carboxylic acids is 1. The van der Waals surface area contributed by atoms with E-state index in [2.05, 4.69) is 5.32 Å². The van der Waals surface area contributed by atoms with Crippen molar-refractivity contribution >= 4 is 39.1 Å². The molecule has 0 aliphatic heterocycles. The second-order valence-corrected chi connectivity index (χ2v) is 9.85. The minimum Gasteiger partial charge on any atom is -0.351 e. The Labute approximate surface area is 192 Å². The van der Waals surface area contributed by atoms with Gasteiger partial charge in [0.05, 0.1) is 11.6 Å². The highest BCUT2D eigenvalue weighted by Crippen LogP contribution is 2.28. The molecular weight excluding hydrogens is 455 g/mol. The van der Waals surface area contributed by atoms with Crippen LogP contribution in [0.1, 0.15) is 16.7 Å². The third-order valence-corrected chi connectivity index (χ3v) is 7.11. The molecular formula is C23H22Cl2N2O3S. The van der Waals surface area contributed by atoms with Crippen LogP contribution in [0.2, 0.25) is 10.0 Å². The Hall–Kier alpha value is -2.38. The summed E-state index contributed by atoms with van der Waals surface area (Å²) in [5.74, 6) is -0.417. The fourth-order valence-corrected chi connectivity index (χ4v) is 5.19. The zero-order valence-electron chi connectivity index (χ0n) is 16.9. The summed E-state index contributed by atoms with van der Waals surface area (Å²) < 4.78 is 27.8. The van der Waals surface area contributed by atoms with Gasteiger partial charge in [0.25, 0.3) is 0 Å². The molecule has 8 heteroatoms. The minimum absolute atomic E-state index is 0.0177. The van der Waals surface area contributed by atoms with Crippen LogP contribution in [0.15, 0.2) is 77.7 Å². The van der Waals surface area contributed by atoms with E-state index in [1.54, 1.807) is 12.1 Å². The molecule has 0 fully saturated rings. The maximum Gasteiger partial charge on any atom is 0.245 e. The number of nitrogens with zero attached hydrogens (tertiary/aromatic N) is 1. The van der Waals surface area contributed by atoms with Crippen LogP contribution in [0.3, 0.4) is 0 Å². The fourth-order valence-electron chi connectivity index (χ4n) is 3.07. The van der Waals surface area contributed by atoms with Gasteiger partial charge in [-0.1, -0.05) is 83.4 Å². The van der Waals surface area contributed by atoms with Crippen molar-refractivity contribution in [2.75, 3.05) is 6.54 Å². The molecule has 0 bridgehead atoms. The van der Waals surface area contributed by atoms with E-state index in [1.165, 1.54) is 18.2 Å². The summed E-state index contributed by atoms with van der Waals surface area (Å²) in [4.78, 5) is 12.5. The molecule has 0 atom stereocenters. The monoisotopic (exact) mass is 476 g/mol. The number of benzene rings is 3. The van der Waals surface area contributed by atoms with Gasteiger partial charge in [0, 0.05) is 18.1 Å². The molecule has 0 saturated carbocycles. The lowest BCUT2D eigenvalue weighted by Gasteiger charge is -2.22. The van der Waals surface area contributed by atoms with Crippen molar-refractivity contribution in [3.63, 3.8) is 0 Å². The molecule has 0 spiro atoms. The van der Waals surface area contributed by atoms with E-state index in [9.17, 15) is 13.2 Å². The second-order valence-electron chi connectivity index (χ2n) is 7.10. The number of halogens is 2. The summed E-state index contributed by atoms with van der Waals surface area (Å²) in [7, 11) is -4.08. The number of sulfonamides is 1. The Kier molecular flexibility index (Phi) is 7.73. The SMILES string of the molecule is Cc1cccc(CNC(=O)CN(Cc2ccccc2)S(=O)(=O)c2cc(Cl)ccc2Cl)c1. The summed E-state index contributed by atoms with van der Waals surface area (Å²) >= 11 is 12.2. The maximum atomic E-state index is 13.4. The van der Waals surface area contributed by atoms with E-state index >= 15 is 0 Å². The standard InChI is InChI=1S/C23H22Cl2N2O3S/c1-17-6-5-9-19(12-17)14-26-23(28)16-27(15-18-7-3-2-4-8-18)31(29,30)22-13-20(24)10-11-21(22)25/h2-13H,14-16H2,1H3,(H,26,28). The Morgan fingerprint density at radius 3 is 2.35 bits per heavy atom. The van der Waals surface area contributed by atoms with Crippen LogP contribution >= 0.6 is 23.2 Å². The zero-order valence-corrected chi connectivity index (χ0v) is 19.2. The van der Waals surface area contributed by atoms with Gasteiger partial charge in [-0.25, -0.2) is 8.42 Å². The second kappa shape index (κ2) is 10.3. The van der Waals surface area contributed by atoms with Crippen LogP contribution in [0, 0.1) is 6.92 Å². The molecule has 3 aromatic carbocycles. The Morgan fingerprint density at radius 1 is 0.935 bits per heavy atom. The van der Waals surface area contributed by atoms with Gasteiger partial charge < -0.3 is 5.32 Å². The topological polar surface area (TPSA) is 66.5 Å². The highest BCUT2D eigenvalue weighted by atomic mass is 35.5. The van der Waals surface area contributed by atoms with Crippen molar-refractivity contribution < 1.29 is 13.2 Å². The summed E-state index contributed by atoms with van der Waals surface area (Å²) in [5.41, 5.74) is 2.76. The predicted octanol–water partition coefficient (Wildman–Crippen LogP) is 4.81. The molecule has 0 heterocycles. The Morgan fingerprint density at radius 2 is 1.65 bits per heavy atom. The van der Waals surface area contributed by atoms with Crippen LogP contribution in [0.25, 0.3) is 0 Å². The highest BCUT2D eigenvalue weighted by molar-refractivity contribution is 7.89.